The molecule has 0 unspecified atom stereocenters. The predicted molar refractivity (Wildman–Crippen MR) is 35.6 cm³/mol. The van der Waals surface area contributed by atoms with Crippen LogP contribution in [0.2, 0.25) is 0 Å². The van der Waals surface area contributed by atoms with E-state index in [2.05, 4.69) is 15.2 Å². The van der Waals surface area contributed by atoms with Gasteiger partial charge in [0.2, 0.25) is 0 Å². The lowest BCUT2D eigenvalue weighted by Crippen LogP contribution is -1.77. The summed E-state index contributed by atoms with van der Waals surface area (Å²) in [4.78, 5) is 2.64. The van der Waals surface area contributed by atoms with Gasteiger partial charge in [-0.25, -0.2) is 0 Å². The molecule has 0 aliphatic carbocycles. The second-order valence-corrected chi connectivity index (χ2v) is 1.99. The van der Waals surface area contributed by atoms with Gasteiger partial charge in [0.1, 0.15) is 0 Å². The van der Waals surface area contributed by atoms with Gasteiger partial charge in [0, 0.05) is 11.5 Å². The minimum atomic E-state index is 0.121. The number of hydrogen-bond donors (Lipinski definition) is 2. The fourth-order valence-corrected chi connectivity index (χ4v) is 0.860. The third-order valence-corrected chi connectivity index (χ3v) is 1.29. The van der Waals surface area contributed by atoms with E-state index in [0.29, 0.717) is 5.65 Å². The molecule has 0 bridgehead atoms. The van der Waals surface area contributed by atoms with Crippen LogP contribution in [-0.2, 0) is 0 Å². The molecular weight excluding hydrogens is 130 g/mol. The molecule has 0 amide bonds. The molecule has 0 saturated carbocycles. The number of fused-ring (bicyclic) bond motifs is 1. The molecule has 0 aliphatic rings. The summed E-state index contributed by atoms with van der Waals surface area (Å²) in [7, 11) is 0. The van der Waals surface area contributed by atoms with Crippen molar-refractivity contribution >= 4 is 11.0 Å². The van der Waals surface area contributed by atoms with Crippen LogP contribution >= 0.6 is 0 Å². The monoisotopic (exact) mass is 135 g/mol. The molecule has 0 fully saturated rings. The highest BCUT2D eigenvalue weighted by Crippen LogP contribution is 2.14. The minimum Gasteiger partial charge on any atom is -0.495 e. The van der Waals surface area contributed by atoms with Gasteiger partial charge in [0.05, 0.1) is 6.20 Å². The van der Waals surface area contributed by atoms with Crippen molar-refractivity contribution in [1.82, 2.24) is 15.2 Å². The van der Waals surface area contributed by atoms with Crippen molar-refractivity contribution in [1.29, 1.82) is 0 Å². The van der Waals surface area contributed by atoms with Gasteiger partial charge in [-0.2, -0.15) is 5.10 Å². The van der Waals surface area contributed by atoms with Crippen molar-refractivity contribution in [2.45, 2.75) is 0 Å². The molecule has 4 heteroatoms. The van der Waals surface area contributed by atoms with Gasteiger partial charge < -0.3 is 10.1 Å². The van der Waals surface area contributed by atoms with Crippen molar-refractivity contribution in [2.75, 3.05) is 0 Å². The largest absolute Gasteiger partial charge is 0.495 e. The number of H-pyrrole nitrogens is 1. The van der Waals surface area contributed by atoms with Crippen molar-refractivity contribution < 1.29 is 5.11 Å². The van der Waals surface area contributed by atoms with Gasteiger partial charge in [-0.1, -0.05) is 0 Å². The number of hydrogen-bond acceptors (Lipinski definition) is 3. The summed E-state index contributed by atoms with van der Waals surface area (Å²) in [5.74, 6) is 0.121. The summed E-state index contributed by atoms with van der Waals surface area (Å²) < 4.78 is 0. The van der Waals surface area contributed by atoms with E-state index in [1.165, 1.54) is 0 Å². The fraction of sp³-hybridized carbons (Fsp3) is 0. The molecule has 2 aromatic heterocycles. The summed E-state index contributed by atoms with van der Waals surface area (Å²) in [6, 6.07) is 3.38. The van der Waals surface area contributed by atoms with Crippen molar-refractivity contribution in [3.8, 4) is 5.88 Å². The summed E-state index contributed by atoms with van der Waals surface area (Å²) in [5, 5.41) is 17.2. The highest BCUT2D eigenvalue weighted by molar-refractivity contribution is 5.76. The number of nitrogens with zero attached hydrogens (tertiary/aromatic N) is 2. The number of rotatable bonds is 0. The predicted octanol–water partition coefficient (Wildman–Crippen LogP) is 0.663. The van der Waals surface area contributed by atoms with Crippen molar-refractivity contribution in [3.05, 3.63) is 18.3 Å². The van der Waals surface area contributed by atoms with Crippen molar-refractivity contribution in [2.24, 2.45) is 0 Å². The Hall–Kier alpha value is -1.58. The van der Waals surface area contributed by atoms with Crippen LogP contribution in [0.3, 0.4) is 0 Å². The summed E-state index contributed by atoms with van der Waals surface area (Å²) in [5.41, 5.74) is 0.611. The lowest BCUT2D eigenvalue weighted by Gasteiger charge is -1.80. The first-order valence-corrected chi connectivity index (χ1v) is 2.85. The van der Waals surface area contributed by atoms with Crippen LogP contribution in [0.5, 0.6) is 5.88 Å². The molecule has 0 spiro atoms. The Labute approximate surface area is 56.5 Å². The molecule has 0 aliphatic heterocycles. The Balaban J connectivity index is 2.88. The zero-order chi connectivity index (χ0) is 6.97. The molecule has 0 aromatic carbocycles. The Morgan fingerprint density at radius 2 is 2.40 bits per heavy atom. The molecule has 0 saturated heterocycles. The Morgan fingerprint density at radius 1 is 1.50 bits per heavy atom. The zero-order valence-corrected chi connectivity index (χ0v) is 5.07. The molecule has 2 heterocycles. The van der Waals surface area contributed by atoms with Gasteiger partial charge in [0.25, 0.3) is 0 Å². The molecule has 4 nitrogen and oxygen atoms in total. The standard InChI is InChI=1S/C6H5N3O/c10-5-3-4-1-2-7-9-6(4)8-5/h1-3,10H,(H,8,9). The normalized spacial score (nSPS) is 10.4. The quantitative estimate of drug-likeness (QED) is 0.557. The molecule has 2 N–H and O–H groups in total. The highest BCUT2D eigenvalue weighted by atomic mass is 16.3. The van der Waals surface area contributed by atoms with E-state index in [1.807, 2.05) is 0 Å². The van der Waals surface area contributed by atoms with E-state index < -0.39 is 0 Å². The summed E-state index contributed by atoms with van der Waals surface area (Å²) in [6.07, 6.45) is 1.58. The maximum absolute atomic E-state index is 8.93. The molecule has 0 radical (unpaired) electrons. The van der Waals surface area contributed by atoms with E-state index >= 15 is 0 Å². The zero-order valence-electron chi connectivity index (χ0n) is 5.07. The molecule has 2 aromatic rings. The van der Waals surface area contributed by atoms with E-state index in [1.54, 1.807) is 18.3 Å². The average Bonchev–Trinajstić information content (AvgIpc) is 2.27. The first-order chi connectivity index (χ1) is 4.86. The third kappa shape index (κ3) is 0.621. The minimum absolute atomic E-state index is 0.121. The average molecular weight is 135 g/mol. The van der Waals surface area contributed by atoms with Gasteiger partial charge >= 0.3 is 0 Å². The number of aromatic amines is 1. The van der Waals surface area contributed by atoms with Gasteiger partial charge in [-0.3, -0.25) is 0 Å². The molecule has 2 rings (SSSR count). The lowest BCUT2D eigenvalue weighted by atomic mass is 10.4. The van der Waals surface area contributed by atoms with Crippen LogP contribution in [0.1, 0.15) is 0 Å². The Kier molecular flexibility index (Phi) is 0.887. The van der Waals surface area contributed by atoms with Crippen LogP contribution < -0.4 is 0 Å². The summed E-state index contributed by atoms with van der Waals surface area (Å²) >= 11 is 0. The summed E-state index contributed by atoms with van der Waals surface area (Å²) in [6.45, 7) is 0. The second kappa shape index (κ2) is 1.70. The Morgan fingerprint density at radius 3 is 3.20 bits per heavy atom. The second-order valence-electron chi connectivity index (χ2n) is 1.99. The smallest absolute Gasteiger partial charge is 0.190 e. The molecular formula is C6H5N3O. The first kappa shape index (κ1) is 5.22. The van der Waals surface area contributed by atoms with Crippen LogP contribution in [0.4, 0.5) is 0 Å². The first-order valence-electron chi connectivity index (χ1n) is 2.85. The number of aromatic nitrogens is 3. The van der Waals surface area contributed by atoms with E-state index in [0.717, 1.165) is 5.39 Å². The van der Waals surface area contributed by atoms with Crippen LogP contribution in [0.25, 0.3) is 11.0 Å². The number of aromatic hydroxyl groups is 1. The highest BCUT2D eigenvalue weighted by Gasteiger charge is 1.96. The van der Waals surface area contributed by atoms with E-state index in [4.69, 9.17) is 5.11 Å². The van der Waals surface area contributed by atoms with Gasteiger partial charge in [0.15, 0.2) is 11.5 Å². The topological polar surface area (TPSA) is 61.8 Å². The fourth-order valence-electron chi connectivity index (χ4n) is 0.860. The molecule has 50 valence electrons. The van der Waals surface area contributed by atoms with Gasteiger partial charge in [-0.05, 0) is 6.07 Å². The maximum atomic E-state index is 8.93. The third-order valence-electron chi connectivity index (χ3n) is 1.29. The SMILES string of the molecule is Oc1cc2ccnnc2[nH]1. The number of nitrogens with one attached hydrogen (secondary N) is 1. The van der Waals surface area contributed by atoms with Crippen molar-refractivity contribution in [3.63, 3.8) is 0 Å². The van der Waals surface area contributed by atoms with Crippen LogP contribution in [0, 0.1) is 0 Å². The van der Waals surface area contributed by atoms with Crippen LogP contribution in [-0.4, -0.2) is 20.3 Å². The maximum Gasteiger partial charge on any atom is 0.190 e. The molecule has 0 atom stereocenters. The lowest BCUT2D eigenvalue weighted by molar-refractivity contribution is 0.458. The van der Waals surface area contributed by atoms with E-state index in [9.17, 15) is 0 Å². The molecule has 10 heavy (non-hydrogen) atoms. The van der Waals surface area contributed by atoms with Gasteiger partial charge in [-0.15, -0.1) is 5.10 Å². The van der Waals surface area contributed by atoms with Crippen LogP contribution in [0.15, 0.2) is 18.3 Å². The Bertz CT molecular complexity index is 322. The van der Waals surface area contributed by atoms with E-state index in [-0.39, 0.29) is 5.88 Å².